The minimum atomic E-state index is -0.551. The van der Waals surface area contributed by atoms with E-state index in [1.54, 1.807) is 36.4 Å². The summed E-state index contributed by atoms with van der Waals surface area (Å²) in [7, 11) is 0. The van der Waals surface area contributed by atoms with Crippen LogP contribution in [-0.2, 0) is 0 Å². The molecular weight excluding hydrogens is 352 g/mol. The van der Waals surface area contributed by atoms with Crippen molar-refractivity contribution in [1.29, 1.82) is 0 Å². The Morgan fingerprint density at radius 2 is 1.77 bits per heavy atom. The van der Waals surface area contributed by atoms with Crippen molar-refractivity contribution >= 4 is 11.6 Å². The summed E-state index contributed by atoms with van der Waals surface area (Å²) in [4.78, 5) is 6.42. The van der Waals surface area contributed by atoms with E-state index in [0.717, 1.165) is 24.9 Å². The predicted molar refractivity (Wildman–Crippen MR) is 101 cm³/mol. The molecule has 0 spiro atoms. The van der Waals surface area contributed by atoms with Crippen molar-refractivity contribution in [1.82, 2.24) is 9.88 Å². The zero-order valence-corrected chi connectivity index (χ0v) is 15.4. The van der Waals surface area contributed by atoms with Gasteiger partial charge in [0.1, 0.15) is 17.6 Å². The van der Waals surface area contributed by atoms with E-state index >= 15 is 0 Å². The first kappa shape index (κ1) is 19.0. The molecule has 140 valence electrons. The highest BCUT2D eigenvalue weighted by Crippen LogP contribution is 2.38. The van der Waals surface area contributed by atoms with Crippen LogP contribution in [0.25, 0.3) is 0 Å². The molecule has 1 aliphatic heterocycles. The number of rotatable bonds is 3. The predicted octanol–water partition coefficient (Wildman–Crippen LogP) is 3.60. The molecule has 2 aromatic rings. The van der Waals surface area contributed by atoms with E-state index < -0.39 is 6.10 Å². The van der Waals surface area contributed by atoms with Gasteiger partial charge in [-0.15, -0.1) is 0 Å². The van der Waals surface area contributed by atoms with Gasteiger partial charge in [0.25, 0.3) is 0 Å². The van der Waals surface area contributed by atoms with Gasteiger partial charge in [-0.2, -0.15) is 0 Å². The molecule has 26 heavy (non-hydrogen) atoms. The largest absolute Gasteiger partial charge is 0.506 e. The van der Waals surface area contributed by atoms with Gasteiger partial charge < -0.3 is 15.3 Å². The molecule has 1 unspecified atom stereocenters. The van der Waals surface area contributed by atoms with E-state index in [4.69, 9.17) is 16.7 Å². The van der Waals surface area contributed by atoms with Crippen LogP contribution in [0.5, 0.6) is 11.5 Å². The first-order valence-electron chi connectivity index (χ1n) is 9.01. The zero-order valence-electron chi connectivity index (χ0n) is 14.6. The average Bonchev–Trinajstić information content (AvgIpc) is 3.20. The summed E-state index contributed by atoms with van der Waals surface area (Å²) in [5.74, 6) is 1.98. The number of para-hydroxylation sites is 1. The molecule has 6 heteroatoms. The lowest BCUT2D eigenvalue weighted by Gasteiger charge is -2.20. The van der Waals surface area contributed by atoms with Crippen molar-refractivity contribution < 1.29 is 15.3 Å². The van der Waals surface area contributed by atoms with Crippen LogP contribution in [0.3, 0.4) is 0 Å². The van der Waals surface area contributed by atoms with Crippen molar-refractivity contribution in [3.63, 3.8) is 0 Å². The molecule has 1 aromatic heterocycles. The smallest absolute Gasteiger partial charge is 0.134 e. The van der Waals surface area contributed by atoms with Crippen LogP contribution < -0.4 is 0 Å². The summed E-state index contributed by atoms with van der Waals surface area (Å²) >= 11 is 5.46. The Bertz CT molecular complexity index is 677. The van der Waals surface area contributed by atoms with Crippen LogP contribution >= 0.6 is 11.6 Å². The summed E-state index contributed by atoms with van der Waals surface area (Å²) < 4.78 is 0. The van der Waals surface area contributed by atoms with Gasteiger partial charge in [0.05, 0.1) is 16.9 Å². The maximum atomic E-state index is 10.1. The van der Waals surface area contributed by atoms with Gasteiger partial charge >= 0.3 is 0 Å². The Morgan fingerprint density at radius 1 is 1.08 bits per heavy atom. The fourth-order valence-corrected chi connectivity index (χ4v) is 4.00. The van der Waals surface area contributed by atoms with E-state index in [2.05, 4.69) is 9.88 Å². The van der Waals surface area contributed by atoms with Crippen molar-refractivity contribution in [3.05, 3.63) is 53.3 Å². The van der Waals surface area contributed by atoms with Crippen molar-refractivity contribution in [2.45, 2.75) is 25.4 Å². The number of fused-ring (bicyclic) bond motifs is 1. The normalized spacial score (nSPS) is 23.2. The van der Waals surface area contributed by atoms with E-state index in [1.807, 2.05) is 0 Å². The first-order valence-corrected chi connectivity index (χ1v) is 9.39. The molecule has 0 radical (unpaired) electrons. The highest BCUT2D eigenvalue weighted by atomic mass is 35.5. The molecular formula is C20H25ClN2O3. The fourth-order valence-electron chi connectivity index (χ4n) is 3.87. The summed E-state index contributed by atoms with van der Waals surface area (Å²) in [6.07, 6.45) is 4.93. The average molecular weight is 377 g/mol. The molecule has 0 bridgehead atoms. The minimum Gasteiger partial charge on any atom is -0.506 e. The number of phenols is 1. The molecule has 4 rings (SSSR count). The molecule has 2 aliphatic rings. The summed E-state index contributed by atoms with van der Waals surface area (Å²) in [6, 6.07) is 9.93. The topological polar surface area (TPSA) is 76.8 Å². The highest BCUT2D eigenvalue weighted by molar-refractivity contribution is 6.31. The van der Waals surface area contributed by atoms with Crippen LogP contribution in [0.1, 0.15) is 31.1 Å². The van der Waals surface area contributed by atoms with Crippen LogP contribution in [0.4, 0.5) is 0 Å². The van der Waals surface area contributed by atoms with E-state index in [-0.39, 0.29) is 11.5 Å². The number of hydrogen-bond acceptors (Lipinski definition) is 5. The Balaban J connectivity index is 0.000000206. The second-order valence-corrected chi connectivity index (χ2v) is 7.49. The summed E-state index contributed by atoms with van der Waals surface area (Å²) in [6.45, 7) is 2.91. The molecule has 1 aliphatic carbocycles. The number of aliphatic hydroxyl groups is 1. The van der Waals surface area contributed by atoms with E-state index in [1.165, 1.54) is 25.5 Å². The number of halogens is 1. The standard InChI is InChI=1S/C14H20N2O2.C6H5ClO/c17-12-4-5-13(15-6-12)14(18)9-16-7-10-2-1-3-11(10)8-16;7-5-3-1-2-4-6(5)8/h4-6,10-11,14,17-18H,1-3,7-9H2;1-4,8H/t10-,11+,14?;. The molecule has 3 N–H and O–H groups in total. The number of nitrogens with zero attached hydrogens (tertiary/aromatic N) is 2. The van der Waals surface area contributed by atoms with Crippen LogP contribution in [0.2, 0.25) is 5.02 Å². The molecule has 1 saturated heterocycles. The molecule has 1 saturated carbocycles. The second kappa shape index (κ2) is 8.71. The van der Waals surface area contributed by atoms with Crippen molar-refractivity contribution in [3.8, 4) is 11.5 Å². The lowest BCUT2D eigenvalue weighted by molar-refractivity contribution is 0.118. The van der Waals surface area contributed by atoms with Gasteiger partial charge in [0, 0.05) is 19.6 Å². The highest BCUT2D eigenvalue weighted by Gasteiger charge is 2.36. The third-order valence-electron chi connectivity index (χ3n) is 5.20. The number of aromatic nitrogens is 1. The molecule has 5 nitrogen and oxygen atoms in total. The number of likely N-dealkylation sites (tertiary alicyclic amines) is 1. The molecule has 2 heterocycles. The SMILES string of the molecule is Oc1ccc(C(O)CN2C[C@H]3CCC[C@H]3C2)nc1.Oc1ccccc1Cl. The van der Waals surface area contributed by atoms with Gasteiger partial charge in [0.15, 0.2) is 0 Å². The van der Waals surface area contributed by atoms with Crippen LogP contribution in [0.15, 0.2) is 42.6 Å². The number of β-amino-alcohol motifs (C(OH)–C–C–N with tert-alkyl or cyclic N) is 1. The maximum absolute atomic E-state index is 10.1. The zero-order chi connectivity index (χ0) is 18.5. The number of benzene rings is 1. The Morgan fingerprint density at radius 3 is 2.31 bits per heavy atom. The van der Waals surface area contributed by atoms with Gasteiger partial charge in [-0.25, -0.2) is 0 Å². The number of phenolic OH excluding ortho intramolecular Hbond substituents is 1. The van der Waals surface area contributed by atoms with E-state index in [0.29, 0.717) is 17.3 Å². The van der Waals surface area contributed by atoms with Crippen LogP contribution in [0, 0.1) is 11.8 Å². The van der Waals surface area contributed by atoms with Crippen LogP contribution in [-0.4, -0.2) is 44.8 Å². The Labute approximate surface area is 158 Å². The maximum Gasteiger partial charge on any atom is 0.134 e. The summed E-state index contributed by atoms with van der Waals surface area (Å²) in [5, 5.41) is 28.5. The van der Waals surface area contributed by atoms with Gasteiger partial charge in [-0.1, -0.05) is 30.2 Å². The monoisotopic (exact) mass is 376 g/mol. The molecule has 1 aromatic carbocycles. The lowest BCUT2D eigenvalue weighted by Crippen LogP contribution is -2.27. The molecule has 0 amide bonds. The number of hydrogen-bond donors (Lipinski definition) is 3. The minimum absolute atomic E-state index is 0.133. The lowest BCUT2D eigenvalue weighted by atomic mass is 10.0. The third-order valence-corrected chi connectivity index (χ3v) is 5.52. The second-order valence-electron chi connectivity index (χ2n) is 7.08. The third kappa shape index (κ3) is 4.87. The number of aliphatic hydroxyl groups excluding tert-OH is 1. The fraction of sp³-hybridized carbons (Fsp3) is 0.450. The Hall–Kier alpha value is -1.82. The van der Waals surface area contributed by atoms with E-state index in [9.17, 15) is 10.2 Å². The van der Waals surface area contributed by atoms with Gasteiger partial charge in [-0.3, -0.25) is 9.88 Å². The number of aromatic hydroxyl groups is 2. The number of pyridine rings is 1. The van der Waals surface area contributed by atoms with Crippen molar-refractivity contribution in [2.75, 3.05) is 19.6 Å². The molecule has 2 fully saturated rings. The van der Waals surface area contributed by atoms with Gasteiger partial charge in [0.2, 0.25) is 0 Å². The first-order chi connectivity index (χ1) is 12.5. The van der Waals surface area contributed by atoms with Crippen molar-refractivity contribution in [2.24, 2.45) is 11.8 Å². The Kier molecular flexibility index (Phi) is 6.35. The quantitative estimate of drug-likeness (QED) is 0.763. The summed E-state index contributed by atoms with van der Waals surface area (Å²) in [5.41, 5.74) is 0.643. The van der Waals surface area contributed by atoms with Gasteiger partial charge in [-0.05, 0) is 48.9 Å². The molecule has 3 atom stereocenters.